The van der Waals surface area contributed by atoms with E-state index in [9.17, 15) is 4.39 Å². The predicted octanol–water partition coefficient (Wildman–Crippen LogP) is 3.98. The summed E-state index contributed by atoms with van der Waals surface area (Å²) in [6, 6.07) is 12.2. The van der Waals surface area contributed by atoms with Gasteiger partial charge < -0.3 is 0 Å². The second-order valence-corrected chi connectivity index (χ2v) is 4.10. The first kappa shape index (κ1) is 11.3. The fourth-order valence-corrected chi connectivity index (χ4v) is 1.76. The van der Waals surface area contributed by atoms with Crippen LogP contribution in [-0.2, 0) is 0 Å². The lowest BCUT2D eigenvalue weighted by molar-refractivity contribution is 0.628. The van der Waals surface area contributed by atoms with E-state index in [0.29, 0.717) is 11.1 Å². The number of benzene rings is 2. The molecule has 0 aliphatic carbocycles. The number of aryl methyl sites for hydroxylation is 2. The van der Waals surface area contributed by atoms with Gasteiger partial charge in [0.25, 0.3) is 0 Å². The summed E-state index contributed by atoms with van der Waals surface area (Å²) in [5, 5.41) is 9.02. The molecule has 2 aromatic rings. The molecule has 0 heterocycles. The van der Waals surface area contributed by atoms with E-state index in [4.69, 9.17) is 5.26 Å². The van der Waals surface area contributed by atoms with Gasteiger partial charge in [0.1, 0.15) is 5.82 Å². The normalized spacial score (nSPS) is 10.0. The third-order valence-electron chi connectivity index (χ3n) is 2.92. The Labute approximate surface area is 100 Å². The van der Waals surface area contributed by atoms with Gasteiger partial charge >= 0.3 is 0 Å². The lowest BCUT2D eigenvalue weighted by atomic mass is 9.97. The lowest BCUT2D eigenvalue weighted by Crippen LogP contribution is -1.88. The Morgan fingerprint density at radius 1 is 1.00 bits per heavy atom. The highest BCUT2D eigenvalue weighted by atomic mass is 19.1. The second-order valence-electron chi connectivity index (χ2n) is 4.10. The maximum atomic E-state index is 13.2. The van der Waals surface area contributed by atoms with Gasteiger partial charge in [-0.25, -0.2) is 4.39 Å². The van der Waals surface area contributed by atoms with Gasteiger partial charge in [-0.2, -0.15) is 5.26 Å². The molecule has 0 bridgehead atoms. The summed E-state index contributed by atoms with van der Waals surface area (Å²) in [7, 11) is 0. The summed E-state index contributed by atoms with van der Waals surface area (Å²) >= 11 is 0. The maximum Gasteiger partial charge on any atom is 0.123 e. The molecule has 0 atom stereocenters. The van der Waals surface area contributed by atoms with E-state index in [1.807, 2.05) is 32.0 Å². The maximum absolute atomic E-state index is 13.2. The van der Waals surface area contributed by atoms with Crippen molar-refractivity contribution in [3.8, 4) is 17.2 Å². The van der Waals surface area contributed by atoms with Gasteiger partial charge in [-0.3, -0.25) is 0 Å². The van der Waals surface area contributed by atoms with E-state index < -0.39 is 0 Å². The molecule has 0 radical (unpaired) electrons. The molecule has 0 aromatic heterocycles. The molecule has 0 fully saturated rings. The van der Waals surface area contributed by atoms with Crippen molar-refractivity contribution in [1.82, 2.24) is 0 Å². The Hall–Kier alpha value is -2.14. The van der Waals surface area contributed by atoms with Crippen LogP contribution in [0, 0.1) is 31.0 Å². The average Bonchev–Trinajstić information content (AvgIpc) is 2.32. The van der Waals surface area contributed by atoms with Gasteiger partial charge in [-0.05, 0) is 48.7 Å². The SMILES string of the molecule is Cc1ccc(-c2cc(F)ccc2C#N)cc1C. The topological polar surface area (TPSA) is 23.8 Å². The Kier molecular flexibility index (Phi) is 2.93. The van der Waals surface area contributed by atoms with Crippen molar-refractivity contribution < 1.29 is 4.39 Å². The Balaban J connectivity index is 2.63. The van der Waals surface area contributed by atoms with Crippen LogP contribution in [-0.4, -0.2) is 0 Å². The molecular weight excluding hydrogens is 213 g/mol. The van der Waals surface area contributed by atoms with Gasteiger partial charge in [0.2, 0.25) is 0 Å². The van der Waals surface area contributed by atoms with Crippen molar-refractivity contribution in [1.29, 1.82) is 5.26 Å². The Morgan fingerprint density at radius 2 is 1.76 bits per heavy atom. The van der Waals surface area contributed by atoms with Crippen LogP contribution in [0.1, 0.15) is 16.7 Å². The van der Waals surface area contributed by atoms with E-state index in [2.05, 4.69) is 6.07 Å². The number of hydrogen-bond acceptors (Lipinski definition) is 1. The van der Waals surface area contributed by atoms with Crippen LogP contribution in [0.15, 0.2) is 36.4 Å². The minimum absolute atomic E-state index is 0.322. The third-order valence-corrected chi connectivity index (χ3v) is 2.92. The molecule has 2 rings (SSSR count). The first-order valence-corrected chi connectivity index (χ1v) is 5.39. The van der Waals surface area contributed by atoms with E-state index >= 15 is 0 Å². The minimum atomic E-state index is -0.322. The van der Waals surface area contributed by atoms with Gasteiger partial charge in [-0.15, -0.1) is 0 Å². The number of rotatable bonds is 1. The van der Waals surface area contributed by atoms with Crippen molar-refractivity contribution in [2.45, 2.75) is 13.8 Å². The standard InChI is InChI=1S/C15H12FN/c1-10-3-4-12(7-11(10)2)15-8-14(16)6-5-13(15)9-17/h3-8H,1-2H3. The van der Waals surface area contributed by atoms with Crippen molar-refractivity contribution in [3.05, 3.63) is 58.9 Å². The quantitative estimate of drug-likeness (QED) is 0.720. The average molecular weight is 225 g/mol. The van der Waals surface area contributed by atoms with Gasteiger partial charge in [0.05, 0.1) is 11.6 Å². The van der Waals surface area contributed by atoms with Gasteiger partial charge in [0, 0.05) is 5.56 Å². The smallest absolute Gasteiger partial charge is 0.123 e. The Bertz CT molecular complexity index is 609. The highest BCUT2D eigenvalue weighted by Crippen LogP contribution is 2.26. The summed E-state index contributed by atoms with van der Waals surface area (Å²) in [6.45, 7) is 4.03. The van der Waals surface area contributed by atoms with Crippen molar-refractivity contribution in [2.75, 3.05) is 0 Å². The van der Waals surface area contributed by atoms with Crippen molar-refractivity contribution in [2.24, 2.45) is 0 Å². The summed E-state index contributed by atoms with van der Waals surface area (Å²) < 4.78 is 13.2. The zero-order chi connectivity index (χ0) is 12.4. The van der Waals surface area contributed by atoms with Crippen LogP contribution in [0.25, 0.3) is 11.1 Å². The molecule has 2 aromatic carbocycles. The molecule has 0 spiro atoms. The lowest BCUT2D eigenvalue weighted by Gasteiger charge is -2.07. The van der Waals surface area contributed by atoms with Crippen LogP contribution in [0.2, 0.25) is 0 Å². The van der Waals surface area contributed by atoms with Crippen LogP contribution in [0.3, 0.4) is 0 Å². The molecule has 1 nitrogen and oxygen atoms in total. The van der Waals surface area contributed by atoms with Crippen molar-refractivity contribution in [3.63, 3.8) is 0 Å². The molecule has 0 amide bonds. The summed E-state index contributed by atoms with van der Waals surface area (Å²) in [4.78, 5) is 0. The largest absolute Gasteiger partial charge is 0.207 e. The monoisotopic (exact) mass is 225 g/mol. The van der Waals surface area contributed by atoms with Gasteiger partial charge in [0.15, 0.2) is 0 Å². The van der Waals surface area contributed by atoms with Crippen LogP contribution in [0.4, 0.5) is 4.39 Å². The Morgan fingerprint density at radius 3 is 2.41 bits per heavy atom. The van der Waals surface area contributed by atoms with E-state index in [0.717, 1.165) is 11.1 Å². The molecule has 2 heteroatoms. The fourth-order valence-electron chi connectivity index (χ4n) is 1.76. The van der Waals surface area contributed by atoms with Crippen LogP contribution >= 0.6 is 0 Å². The zero-order valence-corrected chi connectivity index (χ0v) is 9.79. The van der Waals surface area contributed by atoms with Crippen molar-refractivity contribution >= 4 is 0 Å². The van der Waals surface area contributed by atoms with Gasteiger partial charge in [-0.1, -0.05) is 18.2 Å². The number of halogens is 1. The molecule has 0 unspecified atom stereocenters. The summed E-state index contributed by atoms with van der Waals surface area (Å²) in [5.41, 5.74) is 4.34. The summed E-state index contributed by atoms with van der Waals surface area (Å²) in [5.74, 6) is -0.322. The van der Waals surface area contributed by atoms with E-state index in [1.54, 1.807) is 0 Å². The predicted molar refractivity (Wildman–Crippen MR) is 66.0 cm³/mol. The van der Waals surface area contributed by atoms with E-state index in [-0.39, 0.29) is 5.82 Å². The highest BCUT2D eigenvalue weighted by molar-refractivity contribution is 5.71. The number of nitrogens with zero attached hydrogens (tertiary/aromatic N) is 1. The molecule has 0 N–H and O–H groups in total. The molecule has 0 aliphatic rings. The summed E-state index contributed by atoms with van der Waals surface area (Å²) in [6.07, 6.45) is 0. The second kappa shape index (κ2) is 4.39. The minimum Gasteiger partial charge on any atom is -0.207 e. The molecule has 0 saturated carbocycles. The molecule has 84 valence electrons. The zero-order valence-electron chi connectivity index (χ0n) is 9.79. The molecule has 17 heavy (non-hydrogen) atoms. The fraction of sp³-hybridized carbons (Fsp3) is 0.133. The number of nitriles is 1. The first-order chi connectivity index (χ1) is 8.11. The van der Waals surface area contributed by atoms with Crippen LogP contribution < -0.4 is 0 Å². The first-order valence-electron chi connectivity index (χ1n) is 5.39. The van der Waals surface area contributed by atoms with E-state index in [1.165, 1.54) is 23.8 Å². The van der Waals surface area contributed by atoms with Crippen LogP contribution in [0.5, 0.6) is 0 Å². The molecule has 0 saturated heterocycles. The number of hydrogen-bond donors (Lipinski definition) is 0. The third kappa shape index (κ3) is 2.19. The highest BCUT2D eigenvalue weighted by Gasteiger charge is 2.07. The molecular formula is C15H12FN. The molecule has 0 aliphatic heterocycles.